The summed E-state index contributed by atoms with van der Waals surface area (Å²) in [5.41, 5.74) is 1.14. The van der Waals surface area contributed by atoms with E-state index in [4.69, 9.17) is 9.47 Å². The van der Waals surface area contributed by atoms with Gasteiger partial charge < -0.3 is 19.3 Å². The number of likely N-dealkylation sites (N-methyl/N-ethyl adjacent to an activating group) is 1. The average molecular weight is 417 g/mol. The first-order valence-corrected chi connectivity index (χ1v) is 10.7. The van der Waals surface area contributed by atoms with Crippen molar-refractivity contribution in [3.05, 3.63) is 52.0 Å². The number of nitrogens with zero attached hydrogens (tertiary/aromatic N) is 4. The fourth-order valence-corrected chi connectivity index (χ4v) is 4.65. The van der Waals surface area contributed by atoms with Crippen LogP contribution in [0, 0.1) is 0 Å². The van der Waals surface area contributed by atoms with E-state index < -0.39 is 0 Å². The lowest BCUT2D eigenvalue weighted by molar-refractivity contribution is -1.02. The highest BCUT2D eigenvalue weighted by molar-refractivity contribution is 7.09. The number of thiophene rings is 1. The Hall–Kier alpha value is -2.49. The van der Waals surface area contributed by atoms with Crippen LogP contribution in [0.15, 0.2) is 35.7 Å². The highest BCUT2D eigenvalue weighted by Gasteiger charge is 2.35. The number of nitrogens with one attached hydrogen (secondary N) is 2. The number of hydrogen-bond acceptors (Lipinski definition) is 6. The zero-order valence-corrected chi connectivity index (χ0v) is 17.9. The number of ether oxygens (including phenoxy) is 2. The Labute approximate surface area is 174 Å². The van der Waals surface area contributed by atoms with Gasteiger partial charge in [0.2, 0.25) is 5.82 Å². The smallest absolute Gasteiger partial charge is 0.214 e. The molecule has 8 nitrogen and oxygen atoms in total. The van der Waals surface area contributed by atoms with Crippen molar-refractivity contribution in [3.8, 4) is 11.5 Å². The van der Waals surface area contributed by atoms with Gasteiger partial charge in [-0.15, -0.1) is 16.4 Å². The lowest BCUT2D eigenvalue weighted by Crippen LogP contribution is -3.27. The van der Waals surface area contributed by atoms with Crippen LogP contribution in [0.3, 0.4) is 0 Å². The van der Waals surface area contributed by atoms with Crippen molar-refractivity contribution < 1.29 is 19.3 Å². The minimum atomic E-state index is 0.0397. The highest BCUT2D eigenvalue weighted by Crippen LogP contribution is 2.31. The van der Waals surface area contributed by atoms with Crippen LogP contribution in [0.1, 0.15) is 22.3 Å². The Kier molecular flexibility index (Phi) is 6.08. The van der Waals surface area contributed by atoms with Crippen LogP contribution in [-0.2, 0) is 6.54 Å². The normalized spacial score (nSPS) is 20.4. The minimum Gasteiger partial charge on any atom is -0.493 e. The van der Waals surface area contributed by atoms with Gasteiger partial charge in [0.1, 0.15) is 26.2 Å². The van der Waals surface area contributed by atoms with Crippen molar-refractivity contribution in [2.24, 2.45) is 0 Å². The molecule has 0 amide bonds. The number of rotatable bonds is 7. The first-order chi connectivity index (χ1) is 14.2. The standard InChI is InChI=1S/C20H26N6O2S/c1-24-8-10-25(11-9-24)19(15-6-7-17(27-2)18(13-15)28-3)20-21-22-23-26(20)14-16-5-4-12-29-16/h4-7,12-13,19H,8-11,14H2,1-3H3/p+2/t19-/m1/s1. The number of hydrogen-bond donors (Lipinski definition) is 2. The van der Waals surface area contributed by atoms with Crippen LogP contribution in [0.2, 0.25) is 0 Å². The topological polar surface area (TPSA) is 70.9 Å². The Balaban J connectivity index is 1.73. The fourth-order valence-electron chi connectivity index (χ4n) is 3.97. The number of piperazine rings is 1. The molecule has 1 saturated heterocycles. The second-order valence-corrected chi connectivity index (χ2v) is 8.47. The summed E-state index contributed by atoms with van der Waals surface area (Å²) < 4.78 is 12.9. The van der Waals surface area contributed by atoms with Gasteiger partial charge in [0.15, 0.2) is 17.5 Å². The second-order valence-electron chi connectivity index (χ2n) is 7.44. The lowest BCUT2D eigenvalue weighted by atomic mass is 10.0. The van der Waals surface area contributed by atoms with E-state index in [2.05, 4.69) is 52.2 Å². The molecule has 154 valence electrons. The summed E-state index contributed by atoms with van der Waals surface area (Å²) in [6.45, 7) is 5.08. The van der Waals surface area contributed by atoms with E-state index in [-0.39, 0.29) is 6.04 Å². The molecule has 1 aromatic carbocycles. The summed E-state index contributed by atoms with van der Waals surface area (Å²) in [6.07, 6.45) is 0. The van der Waals surface area contributed by atoms with Gasteiger partial charge in [-0.05, 0) is 40.1 Å². The number of quaternary nitrogens is 2. The molecule has 1 fully saturated rings. The lowest BCUT2D eigenvalue weighted by Gasteiger charge is -2.33. The molecule has 0 radical (unpaired) electrons. The Morgan fingerprint density at radius 1 is 1.10 bits per heavy atom. The molecule has 2 aromatic heterocycles. The van der Waals surface area contributed by atoms with Gasteiger partial charge >= 0.3 is 0 Å². The zero-order chi connectivity index (χ0) is 20.2. The van der Waals surface area contributed by atoms with Crippen molar-refractivity contribution >= 4 is 11.3 Å². The van der Waals surface area contributed by atoms with E-state index in [1.165, 1.54) is 9.78 Å². The SMILES string of the molecule is COc1ccc([C@H](c2nnnn2Cc2cccs2)[NH+]2CC[NH+](C)CC2)cc1OC. The Morgan fingerprint density at radius 3 is 2.59 bits per heavy atom. The van der Waals surface area contributed by atoms with E-state index in [0.717, 1.165) is 49.1 Å². The van der Waals surface area contributed by atoms with E-state index in [1.807, 2.05) is 10.7 Å². The third-order valence-electron chi connectivity index (χ3n) is 5.60. The van der Waals surface area contributed by atoms with Crippen LogP contribution in [0.5, 0.6) is 11.5 Å². The summed E-state index contributed by atoms with van der Waals surface area (Å²) in [5, 5.41) is 14.9. The van der Waals surface area contributed by atoms with Crippen molar-refractivity contribution in [1.29, 1.82) is 0 Å². The van der Waals surface area contributed by atoms with Crippen LogP contribution < -0.4 is 19.3 Å². The molecule has 3 aromatic rings. The molecule has 1 atom stereocenters. The van der Waals surface area contributed by atoms with Crippen molar-refractivity contribution in [2.45, 2.75) is 12.6 Å². The minimum absolute atomic E-state index is 0.0397. The van der Waals surface area contributed by atoms with Crippen LogP contribution in [0.25, 0.3) is 0 Å². The Morgan fingerprint density at radius 2 is 1.90 bits per heavy atom. The maximum absolute atomic E-state index is 5.57. The van der Waals surface area contributed by atoms with E-state index in [0.29, 0.717) is 6.54 Å². The van der Waals surface area contributed by atoms with E-state index >= 15 is 0 Å². The predicted molar refractivity (Wildman–Crippen MR) is 110 cm³/mol. The molecule has 0 aliphatic carbocycles. The molecule has 1 aliphatic heterocycles. The number of aromatic nitrogens is 4. The summed E-state index contributed by atoms with van der Waals surface area (Å²) >= 11 is 1.72. The first kappa shape index (κ1) is 19.8. The van der Waals surface area contributed by atoms with E-state index in [9.17, 15) is 0 Å². The van der Waals surface area contributed by atoms with Gasteiger partial charge in [-0.3, -0.25) is 0 Å². The van der Waals surface area contributed by atoms with Crippen LogP contribution in [0.4, 0.5) is 0 Å². The molecule has 0 unspecified atom stereocenters. The molecule has 0 saturated carbocycles. The third-order valence-corrected chi connectivity index (χ3v) is 6.46. The monoisotopic (exact) mass is 416 g/mol. The number of benzene rings is 1. The van der Waals surface area contributed by atoms with Crippen molar-refractivity contribution in [3.63, 3.8) is 0 Å². The number of methoxy groups -OCH3 is 2. The molecule has 3 heterocycles. The average Bonchev–Trinajstić information content (AvgIpc) is 3.42. The zero-order valence-electron chi connectivity index (χ0n) is 17.1. The maximum atomic E-state index is 5.57. The van der Waals surface area contributed by atoms with Crippen LogP contribution >= 0.6 is 11.3 Å². The maximum Gasteiger partial charge on any atom is 0.214 e. The fraction of sp³-hybridized carbons (Fsp3) is 0.450. The van der Waals surface area contributed by atoms with Crippen molar-refractivity contribution in [2.75, 3.05) is 47.4 Å². The Bertz CT molecular complexity index is 921. The summed E-state index contributed by atoms with van der Waals surface area (Å²) in [4.78, 5) is 4.28. The second kappa shape index (κ2) is 8.89. The highest BCUT2D eigenvalue weighted by atomic mass is 32.1. The van der Waals surface area contributed by atoms with Gasteiger partial charge in [-0.1, -0.05) is 6.07 Å². The van der Waals surface area contributed by atoms with E-state index in [1.54, 1.807) is 30.5 Å². The summed E-state index contributed by atoms with van der Waals surface area (Å²) in [5.74, 6) is 2.35. The molecular formula is C20H28N6O2S+2. The third kappa shape index (κ3) is 4.26. The first-order valence-electron chi connectivity index (χ1n) is 9.86. The predicted octanol–water partition coefficient (Wildman–Crippen LogP) is -0.697. The summed E-state index contributed by atoms with van der Waals surface area (Å²) in [7, 11) is 5.58. The van der Waals surface area contributed by atoms with Gasteiger partial charge in [0, 0.05) is 10.4 Å². The molecular weight excluding hydrogens is 388 g/mol. The summed E-state index contributed by atoms with van der Waals surface area (Å²) in [6, 6.07) is 10.4. The number of tetrazole rings is 1. The molecule has 1 aliphatic rings. The molecule has 0 spiro atoms. The molecule has 2 N–H and O–H groups in total. The van der Waals surface area contributed by atoms with Crippen molar-refractivity contribution in [1.82, 2.24) is 20.2 Å². The van der Waals surface area contributed by atoms with Gasteiger partial charge in [-0.2, -0.15) is 0 Å². The molecule has 9 heteroatoms. The van der Waals surface area contributed by atoms with Gasteiger partial charge in [0.05, 0.1) is 27.8 Å². The molecule has 4 rings (SSSR count). The van der Waals surface area contributed by atoms with Crippen LogP contribution in [-0.4, -0.2) is 67.7 Å². The largest absolute Gasteiger partial charge is 0.493 e. The van der Waals surface area contributed by atoms with Gasteiger partial charge in [0.25, 0.3) is 0 Å². The molecule has 0 bridgehead atoms. The quantitative estimate of drug-likeness (QED) is 0.533. The van der Waals surface area contributed by atoms with Gasteiger partial charge in [-0.25, -0.2) is 4.68 Å². The molecule has 29 heavy (non-hydrogen) atoms.